The summed E-state index contributed by atoms with van der Waals surface area (Å²) in [5.41, 5.74) is 0.851. The number of carbonyl (C=O) groups excluding carboxylic acids is 1. The zero-order valence-electron chi connectivity index (χ0n) is 20.3. The number of nitrogens with one attached hydrogen (secondary N) is 1. The molecule has 0 radical (unpaired) electrons. The molecule has 38 heavy (non-hydrogen) atoms. The lowest BCUT2D eigenvalue weighted by molar-refractivity contribution is -0.116. The molecule has 1 N–H and O–H groups in total. The number of sulfonamides is 1. The van der Waals surface area contributed by atoms with E-state index in [1.54, 1.807) is 48.5 Å². The van der Waals surface area contributed by atoms with Gasteiger partial charge < -0.3 is 10.1 Å². The van der Waals surface area contributed by atoms with E-state index in [-0.39, 0.29) is 36.3 Å². The van der Waals surface area contributed by atoms with E-state index >= 15 is 0 Å². The number of benzene rings is 3. The molecule has 0 aliphatic rings. The molecular weight excluding hydrogens is 567 g/mol. The Morgan fingerprint density at radius 1 is 1.03 bits per heavy atom. The Bertz CT molecular complexity index is 1490. The third kappa shape index (κ3) is 7.30. The van der Waals surface area contributed by atoms with Crippen LogP contribution >= 0.6 is 34.5 Å². The summed E-state index contributed by atoms with van der Waals surface area (Å²) in [6.07, 6.45) is 0.0461. The second-order valence-electron chi connectivity index (χ2n) is 8.32. The van der Waals surface area contributed by atoms with Crippen molar-refractivity contribution in [1.82, 2.24) is 14.5 Å². The van der Waals surface area contributed by atoms with E-state index in [0.29, 0.717) is 25.9 Å². The van der Waals surface area contributed by atoms with Crippen LogP contribution in [0.3, 0.4) is 0 Å². The van der Waals surface area contributed by atoms with Crippen LogP contribution in [-0.2, 0) is 21.4 Å². The van der Waals surface area contributed by atoms with Crippen molar-refractivity contribution in [2.24, 2.45) is 0 Å². The number of hydrogen-bond donors (Lipinski definition) is 1. The number of halogens is 2. The van der Waals surface area contributed by atoms with Gasteiger partial charge in [0.2, 0.25) is 21.1 Å². The molecule has 0 saturated heterocycles. The van der Waals surface area contributed by atoms with Gasteiger partial charge in [-0.2, -0.15) is 0 Å². The topological polar surface area (TPSA) is 101 Å². The lowest BCUT2D eigenvalue weighted by Crippen LogP contribution is -2.32. The van der Waals surface area contributed by atoms with Crippen LogP contribution in [0.5, 0.6) is 5.75 Å². The summed E-state index contributed by atoms with van der Waals surface area (Å²) in [5.74, 6) is -0.242. The molecule has 0 unspecified atom stereocenters. The first-order chi connectivity index (χ1) is 18.2. The van der Waals surface area contributed by atoms with Gasteiger partial charge in [-0.05, 0) is 35.9 Å². The third-order valence-corrected chi connectivity index (χ3v) is 8.77. The molecule has 1 atom stereocenters. The highest BCUT2D eigenvalue weighted by Gasteiger charge is 2.26. The van der Waals surface area contributed by atoms with Gasteiger partial charge in [-0.25, -0.2) is 12.7 Å². The van der Waals surface area contributed by atoms with Crippen molar-refractivity contribution in [2.75, 3.05) is 18.9 Å². The lowest BCUT2D eigenvalue weighted by Gasteiger charge is -2.24. The van der Waals surface area contributed by atoms with Gasteiger partial charge in [0.05, 0.1) is 9.92 Å². The van der Waals surface area contributed by atoms with E-state index in [2.05, 4.69) is 15.5 Å². The van der Waals surface area contributed by atoms with Crippen molar-refractivity contribution in [2.45, 2.75) is 23.8 Å². The van der Waals surface area contributed by atoms with E-state index in [4.69, 9.17) is 27.9 Å². The summed E-state index contributed by atoms with van der Waals surface area (Å²) in [5, 5.41) is 12.6. The maximum absolute atomic E-state index is 13.1. The van der Waals surface area contributed by atoms with Crippen LogP contribution in [-0.4, -0.2) is 42.4 Å². The second-order valence-corrected chi connectivity index (χ2v) is 12.3. The average Bonchev–Trinajstić information content (AvgIpc) is 3.35. The third-order valence-electron chi connectivity index (χ3n) is 5.59. The van der Waals surface area contributed by atoms with Gasteiger partial charge in [0.25, 0.3) is 0 Å². The number of aromatic nitrogens is 2. The van der Waals surface area contributed by atoms with Crippen LogP contribution in [0, 0.1) is 0 Å². The molecule has 4 rings (SSSR count). The van der Waals surface area contributed by atoms with E-state index < -0.39 is 10.0 Å². The molecule has 3 aromatic carbocycles. The minimum absolute atomic E-state index is 0.0461. The molecule has 0 spiro atoms. The van der Waals surface area contributed by atoms with Crippen LogP contribution in [0.25, 0.3) is 0 Å². The van der Waals surface area contributed by atoms with Crippen molar-refractivity contribution in [3.8, 4) is 5.75 Å². The number of hydrogen-bond acceptors (Lipinski definition) is 7. The van der Waals surface area contributed by atoms with Gasteiger partial charge in [-0.3, -0.25) is 4.79 Å². The Morgan fingerprint density at radius 3 is 2.39 bits per heavy atom. The first kappa shape index (κ1) is 28.0. The van der Waals surface area contributed by atoms with Gasteiger partial charge in [0.15, 0.2) is 5.01 Å². The summed E-state index contributed by atoms with van der Waals surface area (Å²) in [4.78, 5) is 13.2. The standard InChI is InChI=1S/C26H24Cl2N4O4S2/c1-32(38(34,35)21-10-6-3-7-11-21)16-19(18-8-4-2-5-9-18)14-24(33)29-26-31-30-25(37-26)17-36-23-13-12-20(27)15-22(23)28/h2-13,15,19H,14,16-17H2,1H3,(H,29,31,33)/t19-/m0/s1. The minimum atomic E-state index is -3.72. The van der Waals surface area contributed by atoms with Gasteiger partial charge in [0.1, 0.15) is 12.4 Å². The Morgan fingerprint density at radius 2 is 1.71 bits per heavy atom. The van der Waals surface area contributed by atoms with E-state index in [9.17, 15) is 13.2 Å². The Balaban J connectivity index is 1.41. The highest BCUT2D eigenvalue weighted by Crippen LogP contribution is 2.29. The maximum Gasteiger partial charge on any atom is 0.242 e. The molecule has 12 heteroatoms. The van der Waals surface area contributed by atoms with Gasteiger partial charge in [-0.1, -0.05) is 83.1 Å². The fourth-order valence-corrected chi connectivity index (χ4v) is 6.05. The fourth-order valence-electron chi connectivity index (χ4n) is 3.68. The molecule has 0 aliphatic carbocycles. The van der Waals surface area contributed by atoms with Gasteiger partial charge >= 0.3 is 0 Å². The van der Waals surface area contributed by atoms with E-state index in [1.165, 1.54) is 22.7 Å². The lowest BCUT2D eigenvalue weighted by atomic mass is 9.95. The van der Waals surface area contributed by atoms with Gasteiger partial charge in [-0.15, -0.1) is 10.2 Å². The number of ether oxygens (including phenoxy) is 1. The van der Waals surface area contributed by atoms with Crippen LogP contribution in [0.4, 0.5) is 5.13 Å². The summed E-state index contributed by atoms with van der Waals surface area (Å²) in [6.45, 7) is 0.232. The zero-order valence-corrected chi connectivity index (χ0v) is 23.4. The molecule has 0 bridgehead atoms. The molecule has 4 aromatic rings. The zero-order chi connectivity index (χ0) is 27.1. The maximum atomic E-state index is 13.1. The number of anilines is 1. The highest BCUT2D eigenvalue weighted by atomic mass is 35.5. The first-order valence-electron chi connectivity index (χ1n) is 11.5. The van der Waals surface area contributed by atoms with E-state index in [0.717, 1.165) is 5.56 Å². The number of nitrogens with zero attached hydrogens (tertiary/aromatic N) is 3. The molecule has 0 fully saturated rings. The summed E-state index contributed by atoms with van der Waals surface area (Å²) >= 11 is 13.2. The van der Waals surface area contributed by atoms with Crippen molar-refractivity contribution >= 4 is 55.6 Å². The van der Waals surface area contributed by atoms with Crippen molar-refractivity contribution in [3.63, 3.8) is 0 Å². The smallest absolute Gasteiger partial charge is 0.242 e. The number of amides is 1. The van der Waals surface area contributed by atoms with Crippen molar-refractivity contribution < 1.29 is 17.9 Å². The SMILES string of the molecule is CN(C[C@H](CC(=O)Nc1nnc(COc2ccc(Cl)cc2Cl)s1)c1ccccc1)S(=O)(=O)c1ccccc1. The highest BCUT2D eigenvalue weighted by molar-refractivity contribution is 7.89. The Labute approximate surface area is 235 Å². The van der Waals surface area contributed by atoms with Gasteiger partial charge in [0, 0.05) is 31.0 Å². The molecule has 0 saturated carbocycles. The largest absolute Gasteiger partial charge is 0.485 e. The predicted octanol–water partition coefficient (Wildman–Crippen LogP) is 5.86. The molecule has 1 heterocycles. The normalized spacial score (nSPS) is 12.3. The molecule has 0 aliphatic heterocycles. The molecule has 1 amide bonds. The summed E-state index contributed by atoms with van der Waals surface area (Å²) in [6, 6.07) is 22.5. The minimum Gasteiger partial charge on any atom is -0.485 e. The molecule has 8 nitrogen and oxygen atoms in total. The summed E-state index contributed by atoms with van der Waals surface area (Å²) < 4.78 is 33.1. The molecule has 198 valence electrons. The Kier molecular flexibility index (Phi) is 9.35. The summed E-state index contributed by atoms with van der Waals surface area (Å²) in [7, 11) is -2.20. The van der Waals surface area contributed by atoms with Crippen molar-refractivity contribution in [3.05, 3.63) is 99.5 Å². The van der Waals surface area contributed by atoms with Crippen molar-refractivity contribution in [1.29, 1.82) is 0 Å². The number of rotatable bonds is 11. The molecule has 1 aromatic heterocycles. The van der Waals surface area contributed by atoms with Crippen LogP contribution in [0.15, 0.2) is 83.8 Å². The number of likely N-dealkylation sites (N-methyl/N-ethyl adjacent to an activating group) is 1. The van der Waals surface area contributed by atoms with E-state index in [1.807, 2.05) is 30.3 Å². The first-order valence-corrected chi connectivity index (χ1v) is 14.5. The second kappa shape index (κ2) is 12.7. The average molecular weight is 592 g/mol. The van der Waals surface area contributed by atoms with Crippen LogP contribution < -0.4 is 10.1 Å². The van der Waals surface area contributed by atoms with Crippen LogP contribution in [0.1, 0.15) is 22.9 Å². The molecular formula is C26H24Cl2N4O4S2. The Hall–Kier alpha value is -3.02. The van der Waals surface area contributed by atoms with Crippen LogP contribution in [0.2, 0.25) is 10.0 Å². The monoisotopic (exact) mass is 590 g/mol. The predicted molar refractivity (Wildman–Crippen MR) is 149 cm³/mol. The fraction of sp³-hybridized carbons (Fsp3) is 0.192. The quantitative estimate of drug-likeness (QED) is 0.235. The number of carbonyl (C=O) groups is 1.